The van der Waals surface area contributed by atoms with Crippen LogP contribution < -0.4 is 0 Å². The van der Waals surface area contributed by atoms with Gasteiger partial charge in [0.05, 0.1) is 6.04 Å². The summed E-state index contributed by atoms with van der Waals surface area (Å²) in [6.07, 6.45) is 5.58. The molecule has 1 N–H and O–H groups in total. The zero-order valence-electron chi connectivity index (χ0n) is 8.47. The van der Waals surface area contributed by atoms with E-state index in [-0.39, 0.29) is 6.04 Å². The first kappa shape index (κ1) is 9.96. The fourth-order valence-corrected chi connectivity index (χ4v) is 2.09. The van der Waals surface area contributed by atoms with Gasteiger partial charge in [-0.15, -0.1) is 0 Å². The lowest BCUT2D eigenvalue weighted by atomic mass is 9.96. The van der Waals surface area contributed by atoms with Crippen LogP contribution in [0.15, 0.2) is 24.5 Å². The van der Waals surface area contributed by atoms with Gasteiger partial charge in [0.25, 0.3) is 0 Å². The van der Waals surface area contributed by atoms with Gasteiger partial charge in [-0.3, -0.25) is 4.98 Å². The van der Waals surface area contributed by atoms with Crippen molar-refractivity contribution in [1.82, 2.24) is 9.88 Å². The molecule has 4 nitrogen and oxygen atoms in total. The van der Waals surface area contributed by atoms with Gasteiger partial charge in [-0.1, -0.05) is 0 Å². The molecule has 0 bridgehead atoms. The first-order valence-corrected chi connectivity index (χ1v) is 5.18. The summed E-state index contributed by atoms with van der Waals surface area (Å²) in [5.74, 6) is 0. The summed E-state index contributed by atoms with van der Waals surface area (Å²) in [7, 11) is 0. The van der Waals surface area contributed by atoms with Crippen LogP contribution in [0.25, 0.3) is 0 Å². The van der Waals surface area contributed by atoms with Crippen LogP contribution >= 0.6 is 0 Å². The topological polar surface area (TPSA) is 53.4 Å². The van der Waals surface area contributed by atoms with Crippen molar-refractivity contribution in [2.24, 2.45) is 0 Å². The van der Waals surface area contributed by atoms with Gasteiger partial charge >= 0.3 is 6.09 Å². The second-order valence-corrected chi connectivity index (χ2v) is 3.77. The molecular weight excluding hydrogens is 192 g/mol. The van der Waals surface area contributed by atoms with Crippen molar-refractivity contribution >= 4 is 6.09 Å². The predicted molar refractivity (Wildman–Crippen MR) is 55.6 cm³/mol. The molecule has 1 unspecified atom stereocenters. The fraction of sp³-hybridized carbons (Fsp3) is 0.455. The summed E-state index contributed by atoms with van der Waals surface area (Å²) in [6, 6.07) is 3.80. The smallest absolute Gasteiger partial charge is 0.407 e. The van der Waals surface area contributed by atoms with Crippen LogP contribution in [0.5, 0.6) is 0 Å². The summed E-state index contributed by atoms with van der Waals surface area (Å²) in [5.41, 5.74) is 1.05. The van der Waals surface area contributed by atoms with Gasteiger partial charge in [0, 0.05) is 18.9 Å². The third-order valence-corrected chi connectivity index (χ3v) is 2.84. The molecule has 2 heterocycles. The number of rotatable bonds is 1. The van der Waals surface area contributed by atoms with E-state index in [1.807, 2.05) is 12.1 Å². The van der Waals surface area contributed by atoms with Crippen LogP contribution in [-0.2, 0) is 0 Å². The van der Waals surface area contributed by atoms with E-state index in [1.165, 1.54) is 4.90 Å². The molecule has 1 atom stereocenters. The van der Waals surface area contributed by atoms with Crippen LogP contribution in [0.1, 0.15) is 30.9 Å². The Morgan fingerprint density at radius 3 is 2.80 bits per heavy atom. The van der Waals surface area contributed by atoms with E-state index in [1.54, 1.807) is 12.4 Å². The van der Waals surface area contributed by atoms with E-state index >= 15 is 0 Å². The van der Waals surface area contributed by atoms with Gasteiger partial charge < -0.3 is 10.0 Å². The van der Waals surface area contributed by atoms with Crippen molar-refractivity contribution < 1.29 is 9.90 Å². The summed E-state index contributed by atoms with van der Waals surface area (Å²) >= 11 is 0. The highest BCUT2D eigenvalue weighted by Crippen LogP contribution is 2.30. The number of aromatic nitrogens is 1. The molecule has 1 amide bonds. The molecule has 1 aromatic rings. The highest BCUT2D eigenvalue weighted by Gasteiger charge is 2.27. The summed E-state index contributed by atoms with van der Waals surface area (Å²) in [6.45, 7) is 0.641. The molecule has 1 aromatic heterocycles. The predicted octanol–water partition coefficient (Wildman–Crippen LogP) is 2.29. The number of hydrogen-bond acceptors (Lipinski definition) is 2. The van der Waals surface area contributed by atoms with E-state index in [9.17, 15) is 4.79 Å². The molecule has 0 spiro atoms. The number of hydrogen-bond donors (Lipinski definition) is 1. The summed E-state index contributed by atoms with van der Waals surface area (Å²) < 4.78 is 0. The van der Waals surface area contributed by atoms with Gasteiger partial charge in [0.1, 0.15) is 0 Å². The molecule has 1 aliphatic rings. The van der Waals surface area contributed by atoms with Crippen LogP contribution in [0.2, 0.25) is 0 Å². The maximum absolute atomic E-state index is 11.0. The molecule has 0 radical (unpaired) electrons. The number of carboxylic acid groups (broad SMARTS) is 1. The average molecular weight is 206 g/mol. The number of carbonyl (C=O) groups is 1. The Labute approximate surface area is 88.6 Å². The van der Waals surface area contributed by atoms with Gasteiger partial charge in [-0.2, -0.15) is 0 Å². The van der Waals surface area contributed by atoms with E-state index < -0.39 is 6.09 Å². The minimum atomic E-state index is -0.823. The third kappa shape index (κ3) is 2.09. The maximum atomic E-state index is 11.0. The van der Waals surface area contributed by atoms with Gasteiger partial charge in [-0.05, 0) is 37.0 Å². The minimum absolute atomic E-state index is 0.0132. The maximum Gasteiger partial charge on any atom is 0.407 e. The quantitative estimate of drug-likeness (QED) is 0.767. The molecule has 1 aliphatic heterocycles. The van der Waals surface area contributed by atoms with Crippen molar-refractivity contribution in [3.05, 3.63) is 30.1 Å². The van der Waals surface area contributed by atoms with Gasteiger partial charge in [-0.25, -0.2) is 4.79 Å². The van der Waals surface area contributed by atoms with E-state index in [0.717, 1.165) is 24.8 Å². The SMILES string of the molecule is O=C(O)N1CCCCC1c1ccncc1. The Balaban J connectivity index is 2.22. The van der Waals surface area contributed by atoms with Crippen molar-refractivity contribution in [3.8, 4) is 0 Å². The number of piperidine rings is 1. The summed E-state index contributed by atoms with van der Waals surface area (Å²) in [4.78, 5) is 16.5. The van der Waals surface area contributed by atoms with Crippen LogP contribution in [0.3, 0.4) is 0 Å². The molecule has 1 fully saturated rings. The van der Waals surface area contributed by atoms with E-state index in [0.29, 0.717) is 6.54 Å². The first-order valence-electron chi connectivity index (χ1n) is 5.18. The number of likely N-dealkylation sites (tertiary alicyclic amines) is 1. The van der Waals surface area contributed by atoms with Crippen molar-refractivity contribution in [2.45, 2.75) is 25.3 Å². The molecule has 80 valence electrons. The number of nitrogens with zero attached hydrogens (tertiary/aromatic N) is 2. The molecule has 2 rings (SSSR count). The van der Waals surface area contributed by atoms with Crippen molar-refractivity contribution in [3.63, 3.8) is 0 Å². The highest BCUT2D eigenvalue weighted by molar-refractivity contribution is 5.65. The molecule has 0 aromatic carbocycles. The van der Waals surface area contributed by atoms with Crippen LogP contribution in [-0.4, -0.2) is 27.6 Å². The van der Waals surface area contributed by atoms with Crippen molar-refractivity contribution in [2.75, 3.05) is 6.54 Å². The minimum Gasteiger partial charge on any atom is -0.465 e. The second kappa shape index (κ2) is 4.29. The Bertz CT molecular complexity index is 340. The zero-order valence-corrected chi connectivity index (χ0v) is 8.47. The summed E-state index contributed by atoms with van der Waals surface area (Å²) in [5, 5.41) is 9.08. The second-order valence-electron chi connectivity index (χ2n) is 3.77. The van der Waals surface area contributed by atoms with Crippen LogP contribution in [0.4, 0.5) is 4.79 Å². The highest BCUT2D eigenvalue weighted by atomic mass is 16.4. The number of pyridine rings is 1. The number of amides is 1. The van der Waals surface area contributed by atoms with Gasteiger partial charge in [0.2, 0.25) is 0 Å². The molecule has 4 heteroatoms. The zero-order chi connectivity index (χ0) is 10.7. The monoisotopic (exact) mass is 206 g/mol. The Kier molecular flexibility index (Phi) is 2.85. The standard InChI is InChI=1S/C11H14N2O2/c14-11(15)13-8-2-1-3-10(13)9-4-6-12-7-5-9/h4-7,10H,1-3,8H2,(H,14,15). The van der Waals surface area contributed by atoms with E-state index in [4.69, 9.17) is 5.11 Å². The fourth-order valence-electron chi connectivity index (χ4n) is 2.09. The molecule has 15 heavy (non-hydrogen) atoms. The first-order chi connectivity index (χ1) is 7.29. The van der Waals surface area contributed by atoms with E-state index in [2.05, 4.69) is 4.98 Å². The largest absolute Gasteiger partial charge is 0.465 e. The molecular formula is C11H14N2O2. The normalized spacial score (nSPS) is 21.3. The molecule has 0 aliphatic carbocycles. The average Bonchev–Trinajstić information content (AvgIpc) is 2.30. The Hall–Kier alpha value is -1.58. The van der Waals surface area contributed by atoms with Crippen molar-refractivity contribution in [1.29, 1.82) is 0 Å². The lowest BCUT2D eigenvalue weighted by molar-refractivity contribution is 0.106. The van der Waals surface area contributed by atoms with Crippen LogP contribution in [0, 0.1) is 0 Å². The van der Waals surface area contributed by atoms with Gasteiger partial charge in [0.15, 0.2) is 0 Å². The molecule has 0 saturated carbocycles. The lowest BCUT2D eigenvalue weighted by Crippen LogP contribution is -2.37. The lowest BCUT2D eigenvalue weighted by Gasteiger charge is -2.33. The third-order valence-electron chi connectivity index (χ3n) is 2.84. The Morgan fingerprint density at radius 1 is 1.40 bits per heavy atom. The molecule has 1 saturated heterocycles. The Morgan fingerprint density at radius 2 is 2.13 bits per heavy atom.